The zero-order valence-corrected chi connectivity index (χ0v) is 15.1. The topological polar surface area (TPSA) is 47.4 Å². The summed E-state index contributed by atoms with van der Waals surface area (Å²) in [6.45, 7) is 6.81. The van der Waals surface area contributed by atoms with Gasteiger partial charge < -0.3 is 9.64 Å². The first-order valence-corrected chi connectivity index (χ1v) is 9.20. The van der Waals surface area contributed by atoms with Crippen molar-refractivity contribution >= 4 is 5.91 Å². The predicted octanol–water partition coefficient (Wildman–Crippen LogP) is 3.00. The summed E-state index contributed by atoms with van der Waals surface area (Å²) in [7, 11) is 0. The van der Waals surface area contributed by atoms with Crippen molar-refractivity contribution in [3.8, 4) is 0 Å². The van der Waals surface area contributed by atoms with Crippen LogP contribution in [-0.4, -0.2) is 40.3 Å². The zero-order valence-electron chi connectivity index (χ0n) is 15.1. The molecule has 0 fully saturated rings. The third-order valence-corrected chi connectivity index (χ3v) is 4.84. The fraction of sp³-hybridized carbons (Fsp3) is 0.500. The Hall–Kier alpha value is -2.14. The Kier molecular flexibility index (Phi) is 5.87. The number of rotatable bonds is 7. The third kappa shape index (κ3) is 3.93. The molecule has 0 radical (unpaired) electrons. The van der Waals surface area contributed by atoms with E-state index in [1.54, 1.807) is 0 Å². The lowest BCUT2D eigenvalue weighted by atomic mass is 9.99. The second-order valence-electron chi connectivity index (χ2n) is 6.37. The summed E-state index contributed by atoms with van der Waals surface area (Å²) in [5.74, 6) is 0.197. The number of hydrogen-bond donors (Lipinski definition) is 0. The van der Waals surface area contributed by atoms with E-state index in [1.165, 1.54) is 11.1 Å². The van der Waals surface area contributed by atoms with Crippen LogP contribution in [0.5, 0.6) is 0 Å². The van der Waals surface area contributed by atoms with E-state index in [-0.39, 0.29) is 11.9 Å². The molecule has 1 unspecified atom stereocenters. The molecule has 1 amide bonds. The summed E-state index contributed by atoms with van der Waals surface area (Å²) >= 11 is 0. The fourth-order valence-electron chi connectivity index (χ4n) is 3.54. The number of fused-ring (bicyclic) bond motifs is 1. The number of aromatic nitrogens is 2. The molecule has 25 heavy (non-hydrogen) atoms. The Morgan fingerprint density at radius 1 is 1.28 bits per heavy atom. The average molecular weight is 341 g/mol. The van der Waals surface area contributed by atoms with E-state index in [1.807, 2.05) is 40.9 Å². The molecule has 1 atom stereocenters. The van der Waals surface area contributed by atoms with E-state index in [9.17, 15) is 4.79 Å². The highest BCUT2D eigenvalue weighted by Crippen LogP contribution is 2.31. The van der Waals surface area contributed by atoms with E-state index >= 15 is 0 Å². The number of benzene rings is 1. The van der Waals surface area contributed by atoms with Gasteiger partial charge in [0.2, 0.25) is 5.91 Å². The lowest BCUT2D eigenvalue weighted by Gasteiger charge is -2.36. The minimum absolute atomic E-state index is 0.0329. The third-order valence-electron chi connectivity index (χ3n) is 4.84. The van der Waals surface area contributed by atoms with Gasteiger partial charge in [-0.25, -0.2) is 0 Å². The lowest BCUT2D eigenvalue weighted by Crippen LogP contribution is -2.43. The number of hydrogen-bond acceptors (Lipinski definition) is 3. The Morgan fingerprint density at radius 2 is 2.08 bits per heavy atom. The van der Waals surface area contributed by atoms with Crippen molar-refractivity contribution in [3.05, 3.63) is 53.3 Å². The van der Waals surface area contributed by atoms with Gasteiger partial charge in [-0.1, -0.05) is 30.3 Å². The second-order valence-corrected chi connectivity index (χ2v) is 6.37. The van der Waals surface area contributed by atoms with E-state index < -0.39 is 0 Å². The number of carbonyl (C=O) groups excluding carboxylic acids is 1. The predicted molar refractivity (Wildman–Crippen MR) is 97.3 cm³/mol. The van der Waals surface area contributed by atoms with Crippen LogP contribution in [0.3, 0.4) is 0 Å². The lowest BCUT2D eigenvalue weighted by molar-refractivity contribution is -0.135. The van der Waals surface area contributed by atoms with Crippen LogP contribution in [0.25, 0.3) is 0 Å². The summed E-state index contributed by atoms with van der Waals surface area (Å²) in [5.41, 5.74) is 3.60. The Labute approximate surface area is 149 Å². The fourth-order valence-corrected chi connectivity index (χ4v) is 3.54. The normalized spacial score (nSPS) is 16.7. The van der Waals surface area contributed by atoms with Crippen molar-refractivity contribution < 1.29 is 9.53 Å². The SMILES string of the molecule is CCOCC1c2c(cnn2CC)CCN1C(=O)CCc1ccccc1. The molecule has 1 aliphatic heterocycles. The first kappa shape index (κ1) is 17.7. The molecule has 0 saturated heterocycles. The van der Waals surface area contributed by atoms with Gasteiger partial charge in [-0.3, -0.25) is 9.48 Å². The molecule has 5 nitrogen and oxygen atoms in total. The summed E-state index contributed by atoms with van der Waals surface area (Å²) < 4.78 is 7.72. The molecular weight excluding hydrogens is 314 g/mol. The minimum Gasteiger partial charge on any atom is -0.379 e. The van der Waals surface area contributed by atoms with Gasteiger partial charge >= 0.3 is 0 Å². The van der Waals surface area contributed by atoms with Crippen molar-refractivity contribution in [1.82, 2.24) is 14.7 Å². The zero-order chi connectivity index (χ0) is 17.6. The van der Waals surface area contributed by atoms with E-state index in [4.69, 9.17) is 4.74 Å². The van der Waals surface area contributed by atoms with Gasteiger partial charge in [0.1, 0.15) is 0 Å². The molecule has 0 aliphatic carbocycles. The van der Waals surface area contributed by atoms with Crippen LogP contribution >= 0.6 is 0 Å². The highest BCUT2D eigenvalue weighted by Gasteiger charge is 2.33. The van der Waals surface area contributed by atoms with Crippen LogP contribution < -0.4 is 0 Å². The van der Waals surface area contributed by atoms with Crippen LogP contribution in [0.15, 0.2) is 36.5 Å². The van der Waals surface area contributed by atoms with Crippen LogP contribution in [0.1, 0.15) is 43.1 Å². The first-order valence-electron chi connectivity index (χ1n) is 9.20. The standard InChI is InChI=1S/C20H27N3O2/c1-3-23-20-17(14-21-23)12-13-22(18(20)15-25-4-2)19(24)11-10-16-8-6-5-7-9-16/h5-9,14,18H,3-4,10-13,15H2,1-2H3. The summed E-state index contributed by atoms with van der Waals surface area (Å²) in [4.78, 5) is 14.9. The molecule has 0 N–H and O–H groups in total. The van der Waals surface area contributed by atoms with Crippen LogP contribution in [0.4, 0.5) is 0 Å². The molecule has 2 aromatic rings. The summed E-state index contributed by atoms with van der Waals surface area (Å²) in [6.07, 6.45) is 4.12. The Balaban J connectivity index is 1.75. The van der Waals surface area contributed by atoms with E-state index in [2.05, 4.69) is 24.2 Å². The van der Waals surface area contributed by atoms with Crippen molar-refractivity contribution in [1.29, 1.82) is 0 Å². The number of nitrogens with zero attached hydrogens (tertiary/aromatic N) is 3. The maximum atomic E-state index is 12.9. The summed E-state index contributed by atoms with van der Waals surface area (Å²) in [5, 5.41) is 4.49. The Morgan fingerprint density at radius 3 is 2.80 bits per heavy atom. The number of amides is 1. The highest BCUT2D eigenvalue weighted by molar-refractivity contribution is 5.77. The number of aryl methyl sites for hydroxylation is 2. The molecule has 0 spiro atoms. The van der Waals surface area contributed by atoms with Crippen LogP contribution in [-0.2, 0) is 28.9 Å². The smallest absolute Gasteiger partial charge is 0.223 e. The number of ether oxygens (including phenoxy) is 1. The quantitative estimate of drug-likeness (QED) is 0.778. The van der Waals surface area contributed by atoms with Gasteiger partial charge in [-0.2, -0.15) is 5.10 Å². The van der Waals surface area contributed by atoms with E-state index in [0.29, 0.717) is 19.6 Å². The maximum absolute atomic E-state index is 12.9. The molecule has 0 saturated carbocycles. The van der Waals surface area contributed by atoms with E-state index in [0.717, 1.165) is 31.6 Å². The van der Waals surface area contributed by atoms with Crippen molar-refractivity contribution in [2.24, 2.45) is 0 Å². The van der Waals surface area contributed by atoms with Gasteiger partial charge in [-0.05, 0) is 37.8 Å². The largest absolute Gasteiger partial charge is 0.379 e. The van der Waals surface area contributed by atoms with Gasteiger partial charge in [0.25, 0.3) is 0 Å². The van der Waals surface area contributed by atoms with Gasteiger partial charge in [0, 0.05) is 26.1 Å². The molecule has 3 rings (SSSR count). The molecular formula is C20H27N3O2. The Bertz CT molecular complexity index is 683. The molecule has 0 bridgehead atoms. The van der Waals surface area contributed by atoms with Crippen LogP contribution in [0.2, 0.25) is 0 Å². The molecule has 1 aromatic heterocycles. The minimum atomic E-state index is -0.0329. The number of carbonyl (C=O) groups is 1. The second kappa shape index (κ2) is 8.30. The summed E-state index contributed by atoms with van der Waals surface area (Å²) in [6, 6.07) is 10.2. The average Bonchev–Trinajstić information content (AvgIpc) is 3.08. The van der Waals surface area contributed by atoms with Gasteiger partial charge in [0.05, 0.1) is 24.5 Å². The van der Waals surface area contributed by atoms with Crippen molar-refractivity contribution in [2.45, 2.75) is 45.7 Å². The first-order chi connectivity index (χ1) is 12.2. The molecule has 1 aliphatic rings. The van der Waals surface area contributed by atoms with Crippen molar-refractivity contribution in [3.63, 3.8) is 0 Å². The molecule has 5 heteroatoms. The highest BCUT2D eigenvalue weighted by atomic mass is 16.5. The monoisotopic (exact) mass is 341 g/mol. The molecule has 2 heterocycles. The molecule has 134 valence electrons. The van der Waals surface area contributed by atoms with Gasteiger partial charge in [0.15, 0.2) is 0 Å². The van der Waals surface area contributed by atoms with Gasteiger partial charge in [-0.15, -0.1) is 0 Å². The van der Waals surface area contributed by atoms with Crippen LogP contribution in [0, 0.1) is 0 Å². The molecule has 1 aromatic carbocycles. The van der Waals surface area contributed by atoms with Crippen molar-refractivity contribution in [2.75, 3.05) is 19.8 Å². The maximum Gasteiger partial charge on any atom is 0.223 e.